The quantitative estimate of drug-likeness (QED) is 0.520. The van der Waals surface area contributed by atoms with E-state index in [-0.39, 0.29) is 11.7 Å². The molecule has 1 N–H and O–H groups in total. The Balaban J connectivity index is 1.89. The number of nitrogens with zero attached hydrogens (tertiary/aromatic N) is 1. The van der Waals surface area contributed by atoms with Crippen LogP contribution in [-0.2, 0) is 4.74 Å². The number of nitro groups is 1. The molecule has 1 atom stereocenters. The van der Waals surface area contributed by atoms with Crippen LogP contribution in [0.15, 0.2) is 46.9 Å². The lowest BCUT2D eigenvalue weighted by Crippen LogP contribution is -2.10. The predicted octanol–water partition coefficient (Wildman–Crippen LogP) is 3.64. The Hall–Kier alpha value is -2.41. The summed E-state index contributed by atoms with van der Waals surface area (Å²) in [5.74, 6) is -0.388. The third-order valence-electron chi connectivity index (χ3n) is 3.14. The molecule has 3 rings (SSSR count). The lowest BCUT2D eigenvalue weighted by molar-refractivity contribution is -0.384. The molecule has 1 heterocycles. The van der Waals surface area contributed by atoms with E-state index in [2.05, 4.69) is 21.2 Å². The standard InChI is InChI=1S/C14H9BrN2O4/c15-11-7-8(17(19)20)5-6-12(11)16-13-9-3-1-2-4-10(9)14(18)21-13/h1-7,13,16H/t13-/m1/s1. The number of nitrogens with one attached hydrogen (secondary N) is 1. The van der Waals surface area contributed by atoms with Gasteiger partial charge in [0.2, 0.25) is 6.23 Å². The summed E-state index contributed by atoms with van der Waals surface area (Å²) in [5.41, 5.74) is 1.85. The van der Waals surface area contributed by atoms with Crippen LogP contribution in [0.25, 0.3) is 0 Å². The molecule has 2 aromatic rings. The number of nitro benzene ring substituents is 1. The monoisotopic (exact) mass is 348 g/mol. The number of ether oxygens (including phenoxy) is 1. The van der Waals surface area contributed by atoms with Crippen LogP contribution >= 0.6 is 15.9 Å². The molecular weight excluding hydrogens is 340 g/mol. The van der Waals surface area contributed by atoms with Crippen molar-refractivity contribution in [1.82, 2.24) is 0 Å². The fourth-order valence-electron chi connectivity index (χ4n) is 2.13. The minimum atomic E-state index is -0.605. The van der Waals surface area contributed by atoms with Crippen molar-refractivity contribution >= 4 is 33.3 Å². The van der Waals surface area contributed by atoms with Crippen molar-refractivity contribution in [3.8, 4) is 0 Å². The number of benzene rings is 2. The van der Waals surface area contributed by atoms with Crippen molar-refractivity contribution in [2.75, 3.05) is 5.32 Å². The van der Waals surface area contributed by atoms with E-state index in [1.54, 1.807) is 24.3 Å². The lowest BCUT2D eigenvalue weighted by Gasteiger charge is -2.15. The first-order chi connectivity index (χ1) is 10.1. The van der Waals surface area contributed by atoms with E-state index < -0.39 is 11.2 Å². The summed E-state index contributed by atoms with van der Waals surface area (Å²) in [6.45, 7) is 0. The summed E-state index contributed by atoms with van der Waals surface area (Å²) < 4.78 is 5.79. The molecule has 0 amide bonds. The van der Waals surface area contributed by atoms with Crippen molar-refractivity contribution in [1.29, 1.82) is 0 Å². The van der Waals surface area contributed by atoms with Crippen molar-refractivity contribution < 1.29 is 14.5 Å². The second-order valence-electron chi connectivity index (χ2n) is 4.44. The van der Waals surface area contributed by atoms with Gasteiger partial charge < -0.3 is 10.1 Å². The minimum Gasteiger partial charge on any atom is -0.434 e. The fraction of sp³-hybridized carbons (Fsp3) is 0.0714. The maximum atomic E-state index is 11.7. The van der Waals surface area contributed by atoms with Gasteiger partial charge in [0.25, 0.3) is 5.69 Å². The molecule has 1 aliphatic heterocycles. The van der Waals surface area contributed by atoms with Gasteiger partial charge in [-0.2, -0.15) is 0 Å². The summed E-state index contributed by atoms with van der Waals surface area (Å²) >= 11 is 3.27. The summed E-state index contributed by atoms with van der Waals surface area (Å²) in [6.07, 6.45) is -0.605. The molecule has 0 unspecified atom stereocenters. The Bertz CT molecular complexity index is 748. The Kier molecular flexibility index (Phi) is 3.34. The normalized spacial score (nSPS) is 16.2. The highest BCUT2D eigenvalue weighted by Gasteiger charge is 2.30. The van der Waals surface area contributed by atoms with E-state index in [4.69, 9.17) is 4.74 Å². The lowest BCUT2D eigenvalue weighted by atomic mass is 10.1. The number of halogens is 1. The summed E-state index contributed by atoms with van der Waals surface area (Å²) in [4.78, 5) is 22.0. The SMILES string of the molecule is O=C1O[C@@H](Nc2ccc([N+](=O)[O-])cc2Br)c2ccccc21. The third-order valence-corrected chi connectivity index (χ3v) is 3.79. The molecule has 0 radical (unpaired) electrons. The summed E-state index contributed by atoms with van der Waals surface area (Å²) in [5, 5.41) is 13.8. The molecule has 0 aliphatic carbocycles. The highest BCUT2D eigenvalue weighted by molar-refractivity contribution is 9.10. The van der Waals surface area contributed by atoms with Crippen LogP contribution in [0.1, 0.15) is 22.1 Å². The average molecular weight is 349 g/mol. The number of anilines is 1. The minimum absolute atomic E-state index is 0.0174. The molecule has 0 saturated heterocycles. The summed E-state index contributed by atoms with van der Waals surface area (Å²) in [6, 6.07) is 11.4. The molecular formula is C14H9BrN2O4. The number of fused-ring (bicyclic) bond motifs is 1. The molecule has 2 aromatic carbocycles. The van der Waals surface area contributed by atoms with Gasteiger partial charge in [0.05, 0.1) is 16.2 Å². The van der Waals surface area contributed by atoms with Crippen LogP contribution in [0.3, 0.4) is 0 Å². The largest absolute Gasteiger partial charge is 0.434 e. The highest BCUT2D eigenvalue weighted by atomic mass is 79.9. The van der Waals surface area contributed by atoms with Gasteiger partial charge in [-0.15, -0.1) is 0 Å². The number of carbonyl (C=O) groups excluding carboxylic acids is 1. The second kappa shape index (κ2) is 5.17. The third kappa shape index (κ3) is 2.47. The van der Waals surface area contributed by atoms with E-state index in [0.717, 1.165) is 5.56 Å². The topological polar surface area (TPSA) is 81.5 Å². The van der Waals surface area contributed by atoms with Crippen LogP contribution in [0.2, 0.25) is 0 Å². The van der Waals surface area contributed by atoms with Gasteiger partial charge in [-0.1, -0.05) is 18.2 Å². The molecule has 0 saturated carbocycles. The van der Waals surface area contributed by atoms with Crippen molar-refractivity contribution in [2.45, 2.75) is 6.23 Å². The number of rotatable bonds is 3. The molecule has 21 heavy (non-hydrogen) atoms. The number of carbonyl (C=O) groups is 1. The van der Waals surface area contributed by atoms with Crippen molar-refractivity contribution in [2.24, 2.45) is 0 Å². The number of cyclic esters (lactones) is 1. The Morgan fingerprint density at radius 3 is 2.71 bits per heavy atom. The first kappa shape index (κ1) is 13.6. The van der Waals surface area contributed by atoms with Gasteiger partial charge in [0, 0.05) is 22.2 Å². The molecule has 0 aromatic heterocycles. The van der Waals surface area contributed by atoms with Gasteiger partial charge in [-0.3, -0.25) is 10.1 Å². The van der Waals surface area contributed by atoms with E-state index in [0.29, 0.717) is 15.7 Å². The maximum Gasteiger partial charge on any atom is 0.340 e. The second-order valence-corrected chi connectivity index (χ2v) is 5.29. The number of esters is 1. The van der Waals surface area contributed by atoms with Crippen LogP contribution in [-0.4, -0.2) is 10.9 Å². The molecule has 0 spiro atoms. The van der Waals surface area contributed by atoms with Crippen LogP contribution in [0.4, 0.5) is 11.4 Å². The molecule has 6 nitrogen and oxygen atoms in total. The van der Waals surface area contributed by atoms with Gasteiger partial charge in [-0.25, -0.2) is 4.79 Å². The van der Waals surface area contributed by atoms with E-state index >= 15 is 0 Å². The molecule has 0 bridgehead atoms. The van der Waals surface area contributed by atoms with Crippen LogP contribution in [0.5, 0.6) is 0 Å². The smallest absolute Gasteiger partial charge is 0.340 e. The van der Waals surface area contributed by atoms with Crippen LogP contribution < -0.4 is 5.32 Å². The molecule has 0 fully saturated rings. The molecule has 7 heteroatoms. The van der Waals surface area contributed by atoms with Crippen molar-refractivity contribution in [3.05, 3.63) is 68.2 Å². The zero-order valence-electron chi connectivity index (χ0n) is 10.6. The highest BCUT2D eigenvalue weighted by Crippen LogP contribution is 2.34. The molecule has 1 aliphatic rings. The van der Waals surface area contributed by atoms with E-state index in [9.17, 15) is 14.9 Å². The predicted molar refractivity (Wildman–Crippen MR) is 79.0 cm³/mol. The first-order valence-electron chi connectivity index (χ1n) is 6.06. The van der Waals surface area contributed by atoms with E-state index in [1.807, 2.05) is 6.07 Å². The van der Waals surface area contributed by atoms with Gasteiger partial charge in [-0.05, 0) is 28.1 Å². The number of hydrogen-bond donors (Lipinski definition) is 1. The number of non-ortho nitro benzene ring substituents is 1. The number of hydrogen-bond acceptors (Lipinski definition) is 5. The Morgan fingerprint density at radius 1 is 1.24 bits per heavy atom. The van der Waals surface area contributed by atoms with Crippen molar-refractivity contribution in [3.63, 3.8) is 0 Å². The average Bonchev–Trinajstić information content (AvgIpc) is 2.78. The van der Waals surface area contributed by atoms with E-state index in [1.165, 1.54) is 12.1 Å². The zero-order valence-corrected chi connectivity index (χ0v) is 12.2. The maximum absolute atomic E-state index is 11.7. The van der Waals surface area contributed by atoms with Gasteiger partial charge in [0.1, 0.15) is 0 Å². The fourth-order valence-corrected chi connectivity index (χ4v) is 2.61. The van der Waals surface area contributed by atoms with Gasteiger partial charge in [0.15, 0.2) is 0 Å². The Labute approximate surface area is 128 Å². The zero-order chi connectivity index (χ0) is 15.0. The molecule has 106 valence electrons. The summed E-state index contributed by atoms with van der Waals surface area (Å²) in [7, 11) is 0. The Morgan fingerprint density at radius 2 is 2.00 bits per heavy atom. The van der Waals surface area contributed by atoms with Gasteiger partial charge >= 0.3 is 5.97 Å². The van der Waals surface area contributed by atoms with Crippen LogP contribution in [0, 0.1) is 10.1 Å². The first-order valence-corrected chi connectivity index (χ1v) is 6.86.